The fourth-order valence-electron chi connectivity index (χ4n) is 2.98. The van der Waals surface area contributed by atoms with Crippen molar-refractivity contribution in [3.8, 4) is 0 Å². The molecule has 2 aromatic rings. The van der Waals surface area contributed by atoms with E-state index in [2.05, 4.69) is 45.1 Å². The van der Waals surface area contributed by atoms with Gasteiger partial charge in [-0.05, 0) is 56.0 Å². The topological polar surface area (TPSA) is 45.4 Å². The Bertz CT molecular complexity index is 552. The summed E-state index contributed by atoms with van der Waals surface area (Å²) in [7, 11) is 0. The molecule has 0 aliphatic rings. The highest BCUT2D eigenvalue weighted by Crippen LogP contribution is 2.27. The molecule has 0 aliphatic carbocycles. The summed E-state index contributed by atoms with van der Waals surface area (Å²) in [4.78, 5) is 0. The molecule has 0 fully saturated rings. The van der Waals surface area contributed by atoms with Crippen LogP contribution in [0.15, 0.2) is 34.9 Å². The lowest BCUT2D eigenvalue weighted by Crippen LogP contribution is -2.34. The second-order valence-corrected chi connectivity index (χ2v) is 5.73. The van der Waals surface area contributed by atoms with E-state index < -0.39 is 6.10 Å². The summed E-state index contributed by atoms with van der Waals surface area (Å²) in [5.41, 5.74) is 4.58. The lowest BCUT2D eigenvalue weighted by atomic mass is 9.91. The van der Waals surface area contributed by atoms with Gasteiger partial charge in [-0.2, -0.15) is 0 Å². The Kier molecular flexibility index (Phi) is 5.21. The molecular formula is C18H25NO2. The lowest BCUT2D eigenvalue weighted by molar-refractivity contribution is 0.123. The molecule has 0 spiro atoms. The van der Waals surface area contributed by atoms with Crippen LogP contribution in [-0.2, 0) is 6.54 Å². The van der Waals surface area contributed by atoms with Crippen molar-refractivity contribution < 1.29 is 9.52 Å². The van der Waals surface area contributed by atoms with Gasteiger partial charge in [0.15, 0.2) is 0 Å². The summed E-state index contributed by atoms with van der Waals surface area (Å²) < 4.78 is 5.33. The van der Waals surface area contributed by atoms with Crippen molar-refractivity contribution in [2.75, 3.05) is 0 Å². The normalized spacial score (nSPS) is 14.1. The van der Waals surface area contributed by atoms with Gasteiger partial charge in [0.25, 0.3) is 0 Å². The maximum Gasteiger partial charge on any atom is 0.117 e. The first-order chi connectivity index (χ1) is 10.0. The van der Waals surface area contributed by atoms with Crippen molar-refractivity contribution in [3.63, 3.8) is 0 Å². The van der Waals surface area contributed by atoms with Gasteiger partial charge in [0, 0.05) is 6.04 Å². The molecule has 2 unspecified atom stereocenters. The minimum absolute atomic E-state index is 0.00945. The number of hydrogen-bond acceptors (Lipinski definition) is 3. The Morgan fingerprint density at radius 2 is 1.86 bits per heavy atom. The summed E-state index contributed by atoms with van der Waals surface area (Å²) in [6, 6.07) is 8.09. The van der Waals surface area contributed by atoms with Crippen LogP contribution >= 0.6 is 0 Å². The van der Waals surface area contributed by atoms with E-state index in [-0.39, 0.29) is 6.04 Å². The fourth-order valence-corrected chi connectivity index (χ4v) is 2.98. The number of aliphatic hydroxyl groups is 1. The maximum atomic E-state index is 10.8. The highest BCUT2D eigenvalue weighted by molar-refractivity contribution is 5.39. The predicted molar refractivity (Wildman–Crippen MR) is 85.2 cm³/mol. The number of furan rings is 1. The van der Waals surface area contributed by atoms with Crippen LogP contribution in [0.5, 0.6) is 0 Å². The third kappa shape index (κ3) is 3.74. The summed E-state index contributed by atoms with van der Waals surface area (Å²) in [5, 5.41) is 14.2. The molecule has 2 atom stereocenters. The number of hydrogen-bond donors (Lipinski definition) is 2. The van der Waals surface area contributed by atoms with Gasteiger partial charge in [0.05, 0.1) is 18.9 Å². The average molecular weight is 287 g/mol. The quantitative estimate of drug-likeness (QED) is 0.849. The lowest BCUT2D eigenvalue weighted by Gasteiger charge is -2.26. The first kappa shape index (κ1) is 15.8. The van der Waals surface area contributed by atoms with Crippen LogP contribution in [0, 0.1) is 20.8 Å². The minimum Gasteiger partial charge on any atom is -0.468 e. The number of benzene rings is 1. The van der Waals surface area contributed by atoms with Crippen molar-refractivity contribution in [3.05, 3.63) is 58.5 Å². The van der Waals surface area contributed by atoms with Gasteiger partial charge < -0.3 is 14.8 Å². The molecule has 0 saturated carbocycles. The Morgan fingerprint density at radius 1 is 1.19 bits per heavy atom. The highest BCUT2D eigenvalue weighted by Gasteiger charge is 2.22. The molecule has 0 radical (unpaired) electrons. The monoisotopic (exact) mass is 287 g/mol. The SMILES string of the molecule is CCC(NCc1ccco1)C(O)c1c(C)cc(C)cc1C. The third-order valence-electron chi connectivity index (χ3n) is 3.97. The molecule has 1 heterocycles. The second-order valence-electron chi connectivity index (χ2n) is 5.73. The molecule has 2 N–H and O–H groups in total. The first-order valence-electron chi connectivity index (χ1n) is 7.54. The minimum atomic E-state index is -0.509. The third-order valence-corrected chi connectivity index (χ3v) is 3.97. The average Bonchev–Trinajstić information content (AvgIpc) is 2.91. The fraction of sp³-hybridized carbons (Fsp3) is 0.444. The van der Waals surface area contributed by atoms with E-state index in [9.17, 15) is 5.11 Å². The molecule has 1 aromatic heterocycles. The second kappa shape index (κ2) is 6.92. The van der Waals surface area contributed by atoms with Gasteiger partial charge in [0.1, 0.15) is 5.76 Å². The molecular weight excluding hydrogens is 262 g/mol. The zero-order valence-corrected chi connectivity index (χ0v) is 13.3. The van der Waals surface area contributed by atoms with E-state index in [1.807, 2.05) is 12.1 Å². The largest absolute Gasteiger partial charge is 0.468 e. The molecule has 2 rings (SSSR count). The van der Waals surface area contributed by atoms with Crippen molar-refractivity contribution in [1.82, 2.24) is 5.32 Å². The van der Waals surface area contributed by atoms with Crippen molar-refractivity contribution in [2.24, 2.45) is 0 Å². The van der Waals surface area contributed by atoms with Crippen LogP contribution in [0.4, 0.5) is 0 Å². The number of aryl methyl sites for hydroxylation is 3. The molecule has 0 aliphatic heterocycles. The van der Waals surface area contributed by atoms with Gasteiger partial charge in [-0.3, -0.25) is 0 Å². The zero-order chi connectivity index (χ0) is 15.4. The molecule has 0 saturated heterocycles. The number of nitrogens with one attached hydrogen (secondary N) is 1. The van der Waals surface area contributed by atoms with Crippen molar-refractivity contribution >= 4 is 0 Å². The van der Waals surface area contributed by atoms with E-state index >= 15 is 0 Å². The van der Waals surface area contributed by atoms with Gasteiger partial charge in [0.2, 0.25) is 0 Å². The molecule has 0 amide bonds. The van der Waals surface area contributed by atoms with Crippen LogP contribution in [0.25, 0.3) is 0 Å². The highest BCUT2D eigenvalue weighted by atomic mass is 16.3. The van der Waals surface area contributed by atoms with Gasteiger partial charge in [-0.15, -0.1) is 0 Å². The van der Waals surface area contributed by atoms with E-state index in [0.717, 1.165) is 28.9 Å². The van der Waals surface area contributed by atoms with E-state index in [4.69, 9.17) is 4.42 Å². The molecule has 21 heavy (non-hydrogen) atoms. The summed E-state index contributed by atoms with van der Waals surface area (Å²) in [6.07, 6.45) is 2.02. The van der Waals surface area contributed by atoms with Crippen LogP contribution in [0.1, 0.15) is 47.5 Å². The van der Waals surface area contributed by atoms with E-state index in [1.54, 1.807) is 6.26 Å². The Balaban J connectivity index is 2.14. The Hall–Kier alpha value is -1.58. The first-order valence-corrected chi connectivity index (χ1v) is 7.54. The predicted octanol–water partition coefficient (Wildman–Crippen LogP) is 3.81. The Labute approximate surface area is 127 Å². The van der Waals surface area contributed by atoms with Crippen molar-refractivity contribution in [2.45, 2.75) is 52.8 Å². The Morgan fingerprint density at radius 3 is 2.38 bits per heavy atom. The standard InChI is InChI=1S/C18H25NO2/c1-5-16(19-11-15-7-6-8-21-15)18(20)17-13(3)9-12(2)10-14(17)4/h6-10,16,18-20H,5,11H2,1-4H3. The van der Waals surface area contributed by atoms with Crippen LogP contribution in [-0.4, -0.2) is 11.1 Å². The molecule has 3 nitrogen and oxygen atoms in total. The molecule has 0 bridgehead atoms. The zero-order valence-electron chi connectivity index (χ0n) is 13.3. The van der Waals surface area contributed by atoms with Gasteiger partial charge in [-0.25, -0.2) is 0 Å². The smallest absolute Gasteiger partial charge is 0.117 e. The van der Waals surface area contributed by atoms with Crippen molar-refractivity contribution in [1.29, 1.82) is 0 Å². The van der Waals surface area contributed by atoms with Crippen LogP contribution in [0.2, 0.25) is 0 Å². The molecule has 114 valence electrons. The van der Waals surface area contributed by atoms with Gasteiger partial charge in [-0.1, -0.05) is 24.6 Å². The summed E-state index contributed by atoms with van der Waals surface area (Å²) in [6.45, 7) is 8.94. The van der Waals surface area contributed by atoms with Gasteiger partial charge >= 0.3 is 0 Å². The maximum absolute atomic E-state index is 10.8. The molecule has 1 aromatic carbocycles. The van der Waals surface area contributed by atoms with E-state index in [1.165, 1.54) is 5.56 Å². The van der Waals surface area contributed by atoms with E-state index in [0.29, 0.717) is 6.54 Å². The number of aliphatic hydroxyl groups excluding tert-OH is 1. The summed E-state index contributed by atoms with van der Waals surface area (Å²) >= 11 is 0. The summed E-state index contributed by atoms with van der Waals surface area (Å²) in [5.74, 6) is 0.887. The molecule has 3 heteroatoms. The van der Waals surface area contributed by atoms with Crippen LogP contribution in [0.3, 0.4) is 0 Å². The van der Waals surface area contributed by atoms with Crippen LogP contribution < -0.4 is 5.32 Å². The number of rotatable bonds is 6.